The van der Waals surface area contributed by atoms with E-state index in [1.165, 1.54) is 22.5 Å². The number of aromatic nitrogens is 7. The summed E-state index contributed by atoms with van der Waals surface area (Å²) in [5, 5.41) is 15.6. The number of pyridine rings is 1. The normalized spacial score (nSPS) is 19.4. The maximum Gasteiger partial charge on any atom is 0.390 e. The number of anilines is 2. The number of hydrogen-bond acceptors (Lipinski definition) is 9. The number of rotatable bonds is 11. The zero-order valence-electron chi connectivity index (χ0n) is 29.3. The molecule has 13 nitrogen and oxygen atoms in total. The number of nitrogens with one attached hydrogen (secondary N) is 2. The van der Waals surface area contributed by atoms with Gasteiger partial charge >= 0.3 is 6.18 Å². The van der Waals surface area contributed by atoms with Crippen LogP contribution >= 0.6 is 15.9 Å². The van der Waals surface area contributed by atoms with Crippen LogP contribution in [0.5, 0.6) is 0 Å². The number of halogens is 4. The number of hydrogen-bond donors (Lipinski definition) is 2. The van der Waals surface area contributed by atoms with Crippen LogP contribution in [0.15, 0.2) is 53.5 Å². The van der Waals surface area contributed by atoms with E-state index in [9.17, 15) is 27.6 Å². The molecular weight excluding hydrogens is 757 g/mol. The molecule has 0 spiro atoms. The molecule has 0 radical (unpaired) electrons. The average molecular weight is 794 g/mol. The fourth-order valence-electron chi connectivity index (χ4n) is 7.21. The molecule has 3 atom stereocenters. The van der Waals surface area contributed by atoms with Gasteiger partial charge in [0.25, 0.3) is 0 Å². The average Bonchev–Trinajstić information content (AvgIpc) is 3.39. The molecule has 2 amide bonds. The molecule has 5 heterocycles. The van der Waals surface area contributed by atoms with E-state index in [0.29, 0.717) is 52.4 Å². The van der Waals surface area contributed by atoms with E-state index >= 15 is 0 Å². The van der Waals surface area contributed by atoms with Crippen LogP contribution in [-0.2, 0) is 22.7 Å². The van der Waals surface area contributed by atoms with Crippen LogP contribution in [0.4, 0.5) is 24.8 Å². The summed E-state index contributed by atoms with van der Waals surface area (Å²) < 4.78 is 41.5. The number of Topliss-reactive ketones (excluding diaryl/α,β-unsaturated/α-hetero) is 1. The first-order chi connectivity index (χ1) is 25.1. The lowest BCUT2D eigenvalue weighted by molar-refractivity contribution is -0.138. The third-order valence-corrected chi connectivity index (χ3v) is 10.4. The molecule has 4 aromatic heterocycles. The molecule has 2 N–H and O–H groups in total. The van der Waals surface area contributed by atoms with Crippen molar-refractivity contribution >= 4 is 56.1 Å². The molecule has 2 aliphatic rings. The third kappa shape index (κ3) is 7.39. The van der Waals surface area contributed by atoms with Crippen LogP contribution in [0.25, 0.3) is 22.0 Å². The highest BCUT2D eigenvalue weighted by Gasteiger charge is 2.67. The summed E-state index contributed by atoms with van der Waals surface area (Å²) >= 11 is 3.35. The van der Waals surface area contributed by atoms with E-state index in [2.05, 4.69) is 51.7 Å². The van der Waals surface area contributed by atoms with Crippen LogP contribution in [-0.4, -0.2) is 81.8 Å². The van der Waals surface area contributed by atoms with Crippen LogP contribution in [0.2, 0.25) is 0 Å². The number of ketones is 1. The third-order valence-electron chi connectivity index (χ3n) is 9.97. The second kappa shape index (κ2) is 13.7. The van der Waals surface area contributed by atoms with Gasteiger partial charge in [-0.1, -0.05) is 6.07 Å². The van der Waals surface area contributed by atoms with E-state index in [1.807, 2.05) is 32.0 Å². The molecule has 1 saturated carbocycles. The Balaban J connectivity index is 1.16. The number of alkyl halides is 3. The first kappa shape index (κ1) is 36.2. The highest BCUT2D eigenvalue weighted by atomic mass is 79.9. The van der Waals surface area contributed by atoms with E-state index in [4.69, 9.17) is 0 Å². The highest BCUT2D eigenvalue weighted by Crippen LogP contribution is 2.59. The van der Waals surface area contributed by atoms with E-state index < -0.39 is 30.0 Å². The number of likely N-dealkylation sites (tertiary alicyclic amines) is 1. The van der Waals surface area contributed by atoms with E-state index in [0.717, 1.165) is 22.3 Å². The van der Waals surface area contributed by atoms with E-state index in [-0.39, 0.29) is 36.5 Å². The Kier molecular flexibility index (Phi) is 9.32. The van der Waals surface area contributed by atoms with Crippen molar-refractivity contribution in [2.24, 2.45) is 5.41 Å². The van der Waals surface area contributed by atoms with Gasteiger partial charge in [0.2, 0.25) is 11.8 Å². The number of carbonyl (C=O) groups excluding carboxylic acids is 3. The van der Waals surface area contributed by atoms with Gasteiger partial charge in [0.15, 0.2) is 5.78 Å². The smallest absolute Gasteiger partial charge is 0.368 e. The molecular formula is C36H36BrF3N10O3. The number of benzene rings is 1. The predicted molar refractivity (Wildman–Crippen MR) is 193 cm³/mol. The maximum atomic E-state index is 14.4. The molecule has 17 heteroatoms. The van der Waals surface area contributed by atoms with Crippen LogP contribution in [0.3, 0.4) is 0 Å². The Morgan fingerprint density at radius 1 is 1.00 bits per heavy atom. The molecule has 1 saturated heterocycles. The zero-order valence-corrected chi connectivity index (χ0v) is 30.9. The fraction of sp³-hybridized carbons (Fsp3) is 0.389. The standard InChI is InChI=1S/C36H36BrF3N10O3/c1-19-5-6-28(37)44-33(19)45-34(53)26-13-35(18-43-29-7-9-48(46-29)10-8-36(38,39)40)14-27(35)50(26)30(52)17-49-32-20(2)11-23(24-15-41-22(4)42-16-24)12-25(32)31(47-49)21(3)51/h5-7,9,11-12,15-16,26-27H,8,10,13-14,17-18H2,1-4H3,(H,43,46)(H,44,45,53)/t26-,27+,35-/m0/s1. The summed E-state index contributed by atoms with van der Waals surface area (Å²) in [6.45, 7) is 6.74. The summed E-state index contributed by atoms with van der Waals surface area (Å²) in [6.07, 6.45) is 0.555. The minimum absolute atomic E-state index is 0.220. The van der Waals surface area contributed by atoms with Crippen LogP contribution < -0.4 is 10.6 Å². The highest BCUT2D eigenvalue weighted by molar-refractivity contribution is 9.10. The van der Waals surface area contributed by atoms with E-state index in [1.54, 1.807) is 36.4 Å². The molecule has 7 rings (SSSR count). The number of fused-ring (bicyclic) bond motifs is 2. The molecule has 0 bridgehead atoms. The lowest BCUT2D eigenvalue weighted by atomic mass is 9.99. The second-order valence-electron chi connectivity index (χ2n) is 13.8. The molecule has 1 aliphatic carbocycles. The van der Waals surface area contributed by atoms with Gasteiger partial charge in [-0.25, -0.2) is 15.0 Å². The van der Waals surface area contributed by atoms with Gasteiger partial charge in [-0.3, -0.25) is 23.7 Å². The molecule has 276 valence electrons. The fourth-order valence-corrected chi connectivity index (χ4v) is 7.52. The van der Waals surface area contributed by atoms with Gasteiger partial charge in [0.1, 0.15) is 40.3 Å². The van der Waals surface area contributed by atoms with Crippen molar-refractivity contribution in [2.75, 3.05) is 17.2 Å². The number of aryl methyl sites for hydroxylation is 4. The number of carbonyl (C=O) groups is 3. The SMILES string of the molecule is CC(=O)c1nn(CC(=O)N2[C@H](C(=O)Nc3nc(Br)ccc3C)C[C@@]3(CNc4ccn(CCC(F)(F)F)n4)C[C@@H]23)c2c(C)cc(-c3cnc(C)nc3)cc12. The van der Waals surface area contributed by atoms with Crippen molar-refractivity contribution in [1.82, 2.24) is 39.4 Å². The van der Waals surface area contributed by atoms with Gasteiger partial charge in [-0.2, -0.15) is 23.4 Å². The van der Waals surface area contributed by atoms with Crippen molar-refractivity contribution < 1.29 is 27.6 Å². The van der Waals surface area contributed by atoms with Gasteiger partial charge in [0.05, 0.1) is 11.9 Å². The lowest BCUT2D eigenvalue weighted by Gasteiger charge is -2.27. The van der Waals surface area contributed by atoms with Crippen molar-refractivity contribution in [3.8, 4) is 11.1 Å². The summed E-state index contributed by atoms with van der Waals surface area (Å²) in [7, 11) is 0. The molecule has 1 aliphatic heterocycles. The largest absolute Gasteiger partial charge is 0.390 e. The van der Waals surface area contributed by atoms with Crippen molar-refractivity contribution in [2.45, 2.75) is 78.3 Å². The minimum atomic E-state index is -4.30. The summed E-state index contributed by atoms with van der Waals surface area (Å²) in [5.41, 5.74) is 3.47. The molecule has 1 aromatic carbocycles. The topological polar surface area (TPSA) is 153 Å². The lowest BCUT2D eigenvalue weighted by Crippen LogP contribution is -2.47. The Bertz CT molecular complexity index is 2250. The Morgan fingerprint density at radius 2 is 1.75 bits per heavy atom. The van der Waals surface area contributed by atoms with Crippen LogP contribution in [0, 0.1) is 26.2 Å². The first-order valence-electron chi connectivity index (χ1n) is 17.0. The van der Waals surface area contributed by atoms with Crippen molar-refractivity contribution in [3.63, 3.8) is 0 Å². The summed E-state index contributed by atoms with van der Waals surface area (Å²) in [6, 6.07) is 7.81. The maximum absolute atomic E-state index is 14.4. The van der Waals surface area contributed by atoms with Crippen LogP contribution in [0.1, 0.15) is 53.6 Å². The molecule has 5 aromatic rings. The molecule has 53 heavy (non-hydrogen) atoms. The predicted octanol–water partition coefficient (Wildman–Crippen LogP) is 6.04. The van der Waals surface area contributed by atoms with Gasteiger partial charge < -0.3 is 15.5 Å². The quantitative estimate of drug-likeness (QED) is 0.121. The van der Waals surface area contributed by atoms with Gasteiger partial charge in [-0.05, 0) is 84.4 Å². The second-order valence-corrected chi connectivity index (χ2v) is 14.7. The number of piperidine rings is 1. The first-order valence-corrected chi connectivity index (χ1v) is 17.8. The van der Waals surface area contributed by atoms with Gasteiger partial charge in [-0.15, -0.1) is 0 Å². The summed E-state index contributed by atoms with van der Waals surface area (Å²) in [4.78, 5) is 55.8. The van der Waals surface area contributed by atoms with Crippen molar-refractivity contribution in [3.05, 3.63) is 76.2 Å². The number of amides is 2. The van der Waals surface area contributed by atoms with Crippen molar-refractivity contribution in [1.29, 1.82) is 0 Å². The Morgan fingerprint density at radius 3 is 2.47 bits per heavy atom. The molecule has 2 fully saturated rings. The monoisotopic (exact) mass is 792 g/mol. The van der Waals surface area contributed by atoms with Gasteiger partial charge in [0, 0.05) is 67.1 Å². The summed E-state index contributed by atoms with van der Waals surface area (Å²) in [5.74, 6) is 0.389. The zero-order chi connectivity index (χ0) is 37.8. The Hall–Kier alpha value is -5.19. The minimum Gasteiger partial charge on any atom is -0.368 e. The molecule has 0 unspecified atom stereocenters. The Labute approximate surface area is 310 Å². The number of nitrogens with zero attached hydrogens (tertiary/aromatic N) is 8.